The van der Waals surface area contributed by atoms with Crippen LogP contribution in [0.3, 0.4) is 0 Å². The summed E-state index contributed by atoms with van der Waals surface area (Å²) in [6, 6.07) is 12.4. The number of aryl methyl sites for hydroxylation is 1. The fraction of sp³-hybridized carbons (Fsp3) is 0.360. The number of aliphatic hydroxyl groups excluding tert-OH is 2. The van der Waals surface area contributed by atoms with E-state index in [9.17, 15) is 23.1 Å². The molecule has 204 valence electrons. The minimum atomic E-state index is -4.88. The van der Waals surface area contributed by atoms with Crippen molar-refractivity contribution >= 4 is 11.7 Å². The number of imidazole rings is 1. The lowest BCUT2D eigenvalue weighted by atomic mass is 10.1. The van der Waals surface area contributed by atoms with E-state index in [1.807, 2.05) is 31.2 Å². The average molecular weight is 537 g/mol. The molecule has 2 heterocycles. The Hall–Kier alpha value is -3.81. The molecule has 1 unspecified atom stereocenters. The molecule has 0 saturated heterocycles. The van der Waals surface area contributed by atoms with Gasteiger partial charge in [0, 0.05) is 19.7 Å². The van der Waals surface area contributed by atoms with Gasteiger partial charge in [0.1, 0.15) is 11.5 Å². The normalized spacial score (nSPS) is 15.6. The first-order chi connectivity index (χ1) is 18.1. The smallest absolute Gasteiger partial charge is 0.425 e. The third-order valence-corrected chi connectivity index (χ3v) is 5.72. The highest BCUT2D eigenvalue weighted by Crippen LogP contribution is 2.36. The Balaban J connectivity index is 1.73. The number of carbonyl (C=O) groups excluding carboxylic acids is 1. The number of aliphatic hydroxyl groups is 2. The molecular formula is C25H27F3N4O6. The van der Waals surface area contributed by atoms with Gasteiger partial charge in [0.25, 0.3) is 5.91 Å². The largest absolute Gasteiger partial charge is 0.573 e. The molecule has 1 aliphatic heterocycles. The highest BCUT2D eigenvalue weighted by molar-refractivity contribution is 5.99. The van der Waals surface area contributed by atoms with Gasteiger partial charge in [-0.2, -0.15) is 4.98 Å². The zero-order chi connectivity index (χ0) is 27.4. The van der Waals surface area contributed by atoms with Crippen molar-refractivity contribution in [2.45, 2.75) is 26.2 Å². The van der Waals surface area contributed by atoms with Crippen molar-refractivity contribution in [1.29, 1.82) is 0 Å². The van der Waals surface area contributed by atoms with Crippen molar-refractivity contribution in [2.24, 2.45) is 0 Å². The third kappa shape index (κ3) is 6.18. The molecule has 1 amide bonds. The van der Waals surface area contributed by atoms with Gasteiger partial charge >= 0.3 is 12.4 Å². The van der Waals surface area contributed by atoms with Gasteiger partial charge in [-0.25, -0.2) is 0 Å². The molecule has 0 radical (unpaired) electrons. The molecule has 13 heteroatoms. The van der Waals surface area contributed by atoms with Crippen LogP contribution in [0.4, 0.5) is 19.0 Å². The van der Waals surface area contributed by atoms with Crippen LogP contribution in [0.15, 0.2) is 48.5 Å². The number of hydrogen-bond acceptors (Lipinski definition) is 8. The van der Waals surface area contributed by atoms with Crippen molar-refractivity contribution < 1.29 is 42.4 Å². The standard InChI is InChI=1S/C25H27F3N4O6/c1-16-5-3-6-17(13-16)15-32-20-21(30(2)24(35)31(22(20)34)9-11-36-12-10-33)29-23(32)37-18-7-4-8-19(14-18)38-25(26,27)28/h3-8,13-14,24,33,35H,9-12,15H2,1-2H3. The van der Waals surface area contributed by atoms with Crippen LogP contribution in [-0.4, -0.2) is 76.7 Å². The van der Waals surface area contributed by atoms with E-state index in [4.69, 9.17) is 14.6 Å². The van der Waals surface area contributed by atoms with Crippen molar-refractivity contribution in [2.75, 3.05) is 38.3 Å². The lowest BCUT2D eigenvalue weighted by molar-refractivity contribution is -0.274. The van der Waals surface area contributed by atoms with Crippen LogP contribution in [0, 0.1) is 6.92 Å². The van der Waals surface area contributed by atoms with E-state index >= 15 is 0 Å². The fourth-order valence-electron chi connectivity index (χ4n) is 4.04. The predicted octanol–water partition coefficient (Wildman–Crippen LogP) is 3.11. The number of rotatable bonds is 10. The Morgan fingerprint density at radius 1 is 1.08 bits per heavy atom. The Morgan fingerprint density at radius 2 is 1.82 bits per heavy atom. The molecule has 2 N–H and O–H groups in total. The molecule has 0 spiro atoms. The van der Waals surface area contributed by atoms with Crippen molar-refractivity contribution in [3.8, 4) is 17.5 Å². The second-order valence-corrected chi connectivity index (χ2v) is 8.56. The molecule has 3 aromatic rings. The minimum absolute atomic E-state index is 0.00417. The molecule has 0 aliphatic carbocycles. The Kier molecular flexibility index (Phi) is 8.09. The van der Waals surface area contributed by atoms with Crippen LogP contribution >= 0.6 is 0 Å². The van der Waals surface area contributed by atoms with Gasteiger partial charge in [-0.05, 0) is 24.6 Å². The summed E-state index contributed by atoms with van der Waals surface area (Å²) < 4.78 is 54.8. The summed E-state index contributed by atoms with van der Waals surface area (Å²) in [5.41, 5.74) is 1.93. The number of amides is 1. The summed E-state index contributed by atoms with van der Waals surface area (Å²) in [4.78, 5) is 20.6. The van der Waals surface area contributed by atoms with Crippen LogP contribution in [0.2, 0.25) is 0 Å². The number of anilines is 1. The Labute approximate surface area is 216 Å². The van der Waals surface area contributed by atoms with E-state index < -0.39 is 24.4 Å². The second kappa shape index (κ2) is 11.3. The molecule has 0 saturated carbocycles. The summed E-state index contributed by atoms with van der Waals surface area (Å²) in [6.07, 6.45) is -6.23. The number of alkyl halides is 3. The monoisotopic (exact) mass is 536 g/mol. The van der Waals surface area contributed by atoms with E-state index in [1.54, 1.807) is 7.05 Å². The maximum atomic E-state index is 13.6. The molecular weight excluding hydrogens is 509 g/mol. The number of hydrogen-bond donors (Lipinski definition) is 2. The van der Waals surface area contributed by atoms with Crippen molar-refractivity contribution in [3.05, 3.63) is 65.4 Å². The quantitative estimate of drug-likeness (QED) is 0.381. The molecule has 1 aliphatic rings. The van der Waals surface area contributed by atoms with Crippen molar-refractivity contribution in [1.82, 2.24) is 14.5 Å². The lowest BCUT2D eigenvalue weighted by Gasteiger charge is -2.38. The number of carbonyl (C=O) groups is 1. The van der Waals surface area contributed by atoms with E-state index in [0.717, 1.165) is 23.3 Å². The number of halogens is 3. The van der Waals surface area contributed by atoms with Crippen LogP contribution in [0.25, 0.3) is 0 Å². The molecule has 0 bridgehead atoms. The summed E-state index contributed by atoms with van der Waals surface area (Å²) in [5.74, 6) is -0.874. The van der Waals surface area contributed by atoms with E-state index in [1.165, 1.54) is 26.5 Å². The fourth-order valence-corrected chi connectivity index (χ4v) is 4.04. The minimum Gasteiger partial charge on any atom is -0.425 e. The van der Waals surface area contributed by atoms with E-state index in [0.29, 0.717) is 0 Å². The van der Waals surface area contributed by atoms with Gasteiger partial charge in [-0.3, -0.25) is 14.3 Å². The average Bonchev–Trinajstić information content (AvgIpc) is 3.19. The first-order valence-electron chi connectivity index (χ1n) is 11.7. The Bertz CT molecular complexity index is 1280. The van der Waals surface area contributed by atoms with Crippen LogP contribution in [-0.2, 0) is 11.3 Å². The van der Waals surface area contributed by atoms with Gasteiger partial charge in [0.05, 0.1) is 26.4 Å². The molecule has 38 heavy (non-hydrogen) atoms. The van der Waals surface area contributed by atoms with Crippen molar-refractivity contribution in [3.63, 3.8) is 0 Å². The number of nitrogens with zero attached hydrogens (tertiary/aromatic N) is 4. The van der Waals surface area contributed by atoms with Crippen LogP contribution in [0.1, 0.15) is 21.6 Å². The van der Waals surface area contributed by atoms with E-state index in [2.05, 4.69) is 9.72 Å². The topological polar surface area (TPSA) is 110 Å². The maximum absolute atomic E-state index is 13.6. The third-order valence-electron chi connectivity index (χ3n) is 5.72. The molecule has 0 fully saturated rings. The van der Waals surface area contributed by atoms with Gasteiger partial charge in [-0.15, -0.1) is 13.2 Å². The van der Waals surface area contributed by atoms with Gasteiger partial charge < -0.3 is 29.3 Å². The van der Waals surface area contributed by atoms with E-state index in [-0.39, 0.29) is 56.2 Å². The summed E-state index contributed by atoms with van der Waals surface area (Å²) in [7, 11) is 1.54. The molecule has 4 rings (SSSR count). The molecule has 1 aromatic heterocycles. The van der Waals surface area contributed by atoms with Crippen LogP contribution < -0.4 is 14.4 Å². The SMILES string of the molecule is Cc1cccc(Cn2c(Oc3cccc(OC(F)(F)F)c3)nc3c2C(=O)N(CCOCCO)C(O)N3C)c1. The first-order valence-corrected chi connectivity index (χ1v) is 11.7. The second-order valence-electron chi connectivity index (χ2n) is 8.56. The lowest BCUT2D eigenvalue weighted by Crippen LogP contribution is -2.55. The van der Waals surface area contributed by atoms with Crippen LogP contribution in [0.5, 0.6) is 17.5 Å². The first kappa shape index (κ1) is 27.2. The predicted molar refractivity (Wildman–Crippen MR) is 129 cm³/mol. The highest BCUT2D eigenvalue weighted by Gasteiger charge is 2.40. The van der Waals surface area contributed by atoms with Gasteiger partial charge in [-0.1, -0.05) is 35.9 Å². The number of ether oxygens (including phenoxy) is 3. The number of benzene rings is 2. The van der Waals surface area contributed by atoms with Gasteiger partial charge in [0.15, 0.2) is 11.5 Å². The zero-order valence-electron chi connectivity index (χ0n) is 20.7. The van der Waals surface area contributed by atoms with Gasteiger partial charge in [0.2, 0.25) is 6.35 Å². The zero-order valence-corrected chi connectivity index (χ0v) is 20.7. The summed E-state index contributed by atoms with van der Waals surface area (Å²) >= 11 is 0. The summed E-state index contributed by atoms with van der Waals surface area (Å²) in [6.45, 7) is 2.09. The maximum Gasteiger partial charge on any atom is 0.573 e. The number of fused-ring (bicyclic) bond motifs is 1. The number of aromatic nitrogens is 2. The highest BCUT2D eigenvalue weighted by atomic mass is 19.4. The Morgan fingerprint density at radius 3 is 2.53 bits per heavy atom. The molecule has 10 nitrogen and oxygen atoms in total. The molecule has 1 atom stereocenters. The molecule has 2 aromatic carbocycles. The summed E-state index contributed by atoms with van der Waals surface area (Å²) in [5, 5.41) is 19.7.